The standard InChI is InChI=1S/C20H26N4O4S/c1-27-16-4-2-5-17(10-16)29(25,26)24-12-15(13-24)19-21-20(28-22-19)18-6-3-9-23(18)11-14-7-8-14/h2,4-5,10,14-15,18H,3,6-9,11-13H2,1H3. The number of sulfonamides is 1. The summed E-state index contributed by atoms with van der Waals surface area (Å²) in [6.45, 7) is 2.96. The zero-order valence-corrected chi connectivity index (χ0v) is 17.3. The highest BCUT2D eigenvalue weighted by atomic mass is 32.2. The van der Waals surface area contributed by atoms with Gasteiger partial charge in [-0.05, 0) is 50.3 Å². The van der Waals surface area contributed by atoms with E-state index >= 15 is 0 Å². The van der Waals surface area contributed by atoms with Gasteiger partial charge in [0.15, 0.2) is 5.82 Å². The number of rotatable bonds is 7. The Balaban J connectivity index is 1.24. The van der Waals surface area contributed by atoms with Crippen molar-refractivity contribution in [3.63, 3.8) is 0 Å². The molecule has 8 nitrogen and oxygen atoms in total. The minimum atomic E-state index is -3.54. The number of nitrogens with zero attached hydrogens (tertiary/aromatic N) is 4. The fourth-order valence-electron chi connectivity index (χ4n) is 4.21. The smallest absolute Gasteiger partial charge is 0.244 e. The molecule has 1 aromatic heterocycles. The van der Waals surface area contributed by atoms with Crippen LogP contribution in [0.1, 0.15) is 49.4 Å². The van der Waals surface area contributed by atoms with Crippen LogP contribution in [0.25, 0.3) is 0 Å². The maximum Gasteiger partial charge on any atom is 0.244 e. The van der Waals surface area contributed by atoms with Crippen molar-refractivity contribution in [3.8, 4) is 5.75 Å². The van der Waals surface area contributed by atoms with Crippen LogP contribution in [0.15, 0.2) is 33.7 Å². The first-order chi connectivity index (χ1) is 14.0. The van der Waals surface area contributed by atoms with Gasteiger partial charge in [-0.15, -0.1) is 0 Å². The third-order valence-electron chi connectivity index (χ3n) is 6.19. The van der Waals surface area contributed by atoms with E-state index in [-0.39, 0.29) is 16.9 Å². The summed E-state index contributed by atoms with van der Waals surface area (Å²) >= 11 is 0. The molecular formula is C20H26N4O4S. The molecule has 0 N–H and O–H groups in total. The van der Waals surface area contributed by atoms with E-state index in [1.54, 1.807) is 24.3 Å². The van der Waals surface area contributed by atoms with Gasteiger partial charge in [-0.25, -0.2) is 8.42 Å². The summed E-state index contributed by atoms with van der Waals surface area (Å²) in [5, 5.41) is 4.17. The molecule has 5 rings (SSSR count). The lowest BCUT2D eigenvalue weighted by atomic mass is 10.0. The highest BCUT2D eigenvalue weighted by molar-refractivity contribution is 7.89. The van der Waals surface area contributed by atoms with Crippen molar-refractivity contribution in [1.82, 2.24) is 19.3 Å². The average Bonchev–Trinajstić information content (AvgIpc) is 3.17. The van der Waals surface area contributed by atoms with Crippen LogP contribution in [0.4, 0.5) is 0 Å². The molecular weight excluding hydrogens is 392 g/mol. The first kappa shape index (κ1) is 19.0. The van der Waals surface area contributed by atoms with Gasteiger partial charge < -0.3 is 9.26 Å². The molecule has 1 atom stereocenters. The van der Waals surface area contributed by atoms with E-state index in [1.807, 2.05) is 0 Å². The van der Waals surface area contributed by atoms with Crippen LogP contribution < -0.4 is 4.74 Å². The first-order valence-corrected chi connectivity index (χ1v) is 11.7. The molecule has 156 valence electrons. The Morgan fingerprint density at radius 2 is 2.07 bits per heavy atom. The van der Waals surface area contributed by atoms with E-state index in [2.05, 4.69) is 15.0 Å². The van der Waals surface area contributed by atoms with Crippen molar-refractivity contribution in [2.24, 2.45) is 5.92 Å². The largest absolute Gasteiger partial charge is 0.497 e. The Morgan fingerprint density at radius 1 is 1.24 bits per heavy atom. The Morgan fingerprint density at radius 3 is 2.83 bits per heavy atom. The summed E-state index contributed by atoms with van der Waals surface area (Å²) < 4.78 is 37.8. The Bertz CT molecular complexity index is 982. The molecule has 2 aromatic rings. The van der Waals surface area contributed by atoms with Crippen molar-refractivity contribution in [2.75, 3.05) is 33.3 Å². The summed E-state index contributed by atoms with van der Waals surface area (Å²) in [6.07, 6.45) is 4.87. The Labute approximate surface area is 170 Å². The van der Waals surface area contributed by atoms with Gasteiger partial charge in [-0.2, -0.15) is 9.29 Å². The summed E-state index contributed by atoms with van der Waals surface area (Å²) in [6, 6.07) is 6.77. The van der Waals surface area contributed by atoms with Crippen LogP contribution in [0.5, 0.6) is 5.75 Å². The minimum absolute atomic E-state index is 0.0221. The highest BCUT2D eigenvalue weighted by Gasteiger charge is 2.41. The lowest BCUT2D eigenvalue weighted by Gasteiger charge is -2.36. The quantitative estimate of drug-likeness (QED) is 0.682. The molecule has 0 amide bonds. The molecule has 0 bridgehead atoms. The average molecular weight is 419 g/mol. The third-order valence-corrected chi connectivity index (χ3v) is 8.02. The highest BCUT2D eigenvalue weighted by Crippen LogP contribution is 2.38. The van der Waals surface area contributed by atoms with Crippen LogP contribution in [0.3, 0.4) is 0 Å². The second kappa shape index (κ2) is 7.37. The molecule has 1 aromatic carbocycles. The third kappa shape index (κ3) is 3.67. The van der Waals surface area contributed by atoms with Crippen LogP contribution in [0.2, 0.25) is 0 Å². The Hall–Kier alpha value is -1.97. The molecule has 2 saturated heterocycles. The molecule has 3 heterocycles. The normalized spacial score (nSPS) is 24.0. The van der Waals surface area contributed by atoms with E-state index in [0.717, 1.165) is 31.8 Å². The molecule has 0 spiro atoms. The number of hydrogen-bond acceptors (Lipinski definition) is 7. The summed E-state index contributed by atoms with van der Waals surface area (Å²) in [7, 11) is -2.02. The molecule has 1 unspecified atom stereocenters. The van der Waals surface area contributed by atoms with E-state index in [0.29, 0.717) is 30.6 Å². The van der Waals surface area contributed by atoms with Crippen LogP contribution in [0, 0.1) is 5.92 Å². The molecule has 1 aliphatic carbocycles. The predicted molar refractivity (Wildman–Crippen MR) is 105 cm³/mol. The van der Waals surface area contributed by atoms with Gasteiger partial charge in [0.2, 0.25) is 15.9 Å². The molecule has 29 heavy (non-hydrogen) atoms. The number of hydrogen-bond donors (Lipinski definition) is 0. The maximum atomic E-state index is 12.8. The van der Waals surface area contributed by atoms with Gasteiger partial charge >= 0.3 is 0 Å². The van der Waals surface area contributed by atoms with E-state index in [4.69, 9.17) is 9.26 Å². The van der Waals surface area contributed by atoms with Crippen LogP contribution >= 0.6 is 0 Å². The van der Waals surface area contributed by atoms with Gasteiger partial charge in [0.1, 0.15) is 5.75 Å². The van der Waals surface area contributed by atoms with Crippen LogP contribution in [-0.2, 0) is 10.0 Å². The molecule has 3 aliphatic rings. The second-order valence-electron chi connectivity index (χ2n) is 8.29. The van der Waals surface area contributed by atoms with Crippen LogP contribution in [-0.4, -0.2) is 61.1 Å². The van der Waals surface area contributed by atoms with E-state index in [1.165, 1.54) is 24.3 Å². The van der Waals surface area contributed by atoms with Gasteiger partial charge in [0.25, 0.3) is 0 Å². The molecule has 2 aliphatic heterocycles. The lowest BCUT2D eigenvalue weighted by Crippen LogP contribution is -2.48. The minimum Gasteiger partial charge on any atom is -0.497 e. The zero-order chi connectivity index (χ0) is 20.0. The summed E-state index contributed by atoms with van der Waals surface area (Å²) in [5.74, 6) is 2.65. The fourth-order valence-corrected chi connectivity index (χ4v) is 5.78. The van der Waals surface area contributed by atoms with Gasteiger partial charge in [0, 0.05) is 25.7 Å². The first-order valence-electron chi connectivity index (χ1n) is 10.3. The van der Waals surface area contributed by atoms with Gasteiger partial charge in [0.05, 0.1) is 24.0 Å². The molecule has 1 saturated carbocycles. The van der Waals surface area contributed by atoms with Crippen molar-refractivity contribution < 1.29 is 17.7 Å². The van der Waals surface area contributed by atoms with Gasteiger partial charge in [-0.1, -0.05) is 11.2 Å². The van der Waals surface area contributed by atoms with Crippen molar-refractivity contribution >= 4 is 10.0 Å². The number of ether oxygens (including phenoxy) is 1. The number of aromatic nitrogens is 2. The zero-order valence-electron chi connectivity index (χ0n) is 16.5. The fraction of sp³-hybridized carbons (Fsp3) is 0.600. The SMILES string of the molecule is COc1cccc(S(=O)(=O)N2CC(c3noc(C4CCCN4CC4CC4)n3)C2)c1. The van der Waals surface area contributed by atoms with E-state index < -0.39 is 10.0 Å². The molecule has 9 heteroatoms. The van der Waals surface area contributed by atoms with Gasteiger partial charge in [-0.3, -0.25) is 4.90 Å². The number of benzene rings is 1. The lowest BCUT2D eigenvalue weighted by molar-refractivity contribution is 0.200. The van der Waals surface area contributed by atoms with Crippen molar-refractivity contribution in [1.29, 1.82) is 0 Å². The number of methoxy groups -OCH3 is 1. The topological polar surface area (TPSA) is 88.8 Å². The molecule has 3 fully saturated rings. The maximum absolute atomic E-state index is 12.8. The monoisotopic (exact) mass is 418 g/mol. The predicted octanol–water partition coefficient (Wildman–Crippen LogP) is 2.41. The summed E-state index contributed by atoms with van der Waals surface area (Å²) in [4.78, 5) is 7.36. The van der Waals surface area contributed by atoms with Crippen molar-refractivity contribution in [2.45, 2.75) is 42.5 Å². The summed E-state index contributed by atoms with van der Waals surface area (Å²) in [5.41, 5.74) is 0. The second-order valence-corrected chi connectivity index (χ2v) is 10.2. The van der Waals surface area contributed by atoms with E-state index in [9.17, 15) is 8.42 Å². The molecule has 0 radical (unpaired) electrons. The Kier molecular flexibility index (Phi) is 4.84. The van der Waals surface area contributed by atoms with Crippen molar-refractivity contribution in [3.05, 3.63) is 36.0 Å². The number of likely N-dealkylation sites (tertiary alicyclic amines) is 1.